The Morgan fingerprint density at radius 2 is 1.14 bits per heavy atom. The Balaban J connectivity index is 2.08. The molecule has 0 saturated heterocycles. The van der Waals surface area contributed by atoms with Crippen molar-refractivity contribution in [2.75, 3.05) is 19.8 Å². The number of hydrogen-bond donors (Lipinski definition) is 0. The normalized spacial score (nSPS) is 11.8. The van der Waals surface area contributed by atoms with Crippen molar-refractivity contribution >= 4 is 7.82 Å². The van der Waals surface area contributed by atoms with E-state index >= 15 is 0 Å². The van der Waals surface area contributed by atoms with Gasteiger partial charge in [-0.25, -0.2) is 4.57 Å². The van der Waals surface area contributed by atoms with Crippen molar-refractivity contribution in [2.45, 2.75) is 71.4 Å². The van der Waals surface area contributed by atoms with E-state index in [2.05, 4.69) is 18.4 Å². The summed E-state index contributed by atoms with van der Waals surface area (Å²) in [7, 11) is -4.71. The fourth-order valence-corrected chi connectivity index (χ4v) is 4.35. The maximum atomic E-state index is 13.2. The second kappa shape index (κ2) is 15.7. The molecule has 0 aliphatic carbocycles. The summed E-state index contributed by atoms with van der Waals surface area (Å²) in [5.74, 6) is 0.861. The number of ether oxygens (including phenoxy) is 2. The predicted octanol–water partition coefficient (Wildman–Crippen LogP) is 8.75. The standard InChI is InChI=1S/C26H36F3O6P/c1-3-5-7-9-17-31-22-13-11-15-24(19-22)34-36(30,33-21-26(27,28)29)35-25-16-12-14-23(20-25)32-18-10-8-6-4-2/h11-16,19-20H,3-10,17-18,21H2,1-2H3. The third-order valence-corrected chi connectivity index (χ3v) is 6.28. The fourth-order valence-electron chi connectivity index (χ4n) is 3.16. The monoisotopic (exact) mass is 532 g/mol. The zero-order valence-electron chi connectivity index (χ0n) is 20.9. The van der Waals surface area contributed by atoms with Crippen LogP contribution in [-0.2, 0) is 9.09 Å². The van der Waals surface area contributed by atoms with Gasteiger partial charge in [0.15, 0.2) is 6.61 Å². The van der Waals surface area contributed by atoms with Crippen molar-refractivity contribution in [2.24, 2.45) is 0 Å². The quantitative estimate of drug-likeness (QED) is 0.141. The van der Waals surface area contributed by atoms with Gasteiger partial charge in [0.05, 0.1) is 13.2 Å². The molecule has 0 unspecified atom stereocenters. The number of rotatable bonds is 18. The smallest absolute Gasteiger partial charge is 0.493 e. The molecule has 0 radical (unpaired) electrons. The highest BCUT2D eigenvalue weighted by molar-refractivity contribution is 7.49. The second-order valence-corrected chi connectivity index (χ2v) is 9.80. The molecule has 10 heteroatoms. The number of phosphoric acid groups is 1. The van der Waals surface area contributed by atoms with Gasteiger partial charge in [0.2, 0.25) is 0 Å². The number of unbranched alkanes of at least 4 members (excludes halogenated alkanes) is 6. The summed E-state index contributed by atoms with van der Waals surface area (Å²) in [5, 5.41) is 0. The molecule has 36 heavy (non-hydrogen) atoms. The Bertz CT molecular complexity index is 874. The molecule has 0 aliphatic rings. The van der Waals surface area contributed by atoms with Crippen molar-refractivity contribution in [3.05, 3.63) is 48.5 Å². The SMILES string of the molecule is CCCCCCOc1cccc(OP(=O)(OCC(F)(F)F)Oc2cccc(OCCCCCC)c2)c1. The summed E-state index contributed by atoms with van der Waals surface area (Å²) >= 11 is 0. The van der Waals surface area contributed by atoms with Gasteiger partial charge in [0.1, 0.15) is 23.0 Å². The first kappa shape index (κ1) is 29.8. The molecule has 0 atom stereocenters. The molecule has 0 fully saturated rings. The van der Waals surface area contributed by atoms with Crippen LogP contribution in [0.15, 0.2) is 48.5 Å². The van der Waals surface area contributed by atoms with E-state index in [1.165, 1.54) is 24.3 Å². The average molecular weight is 533 g/mol. The molecule has 0 aliphatic heterocycles. The fraction of sp³-hybridized carbons (Fsp3) is 0.538. The van der Waals surface area contributed by atoms with Crippen LogP contribution in [0.4, 0.5) is 13.2 Å². The summed E-state index contributed by atoms with van der Waals surface area (Å²) in [4.78, 5) is 0. The Morgan fingerprint density at radius 1 is 0.694 bits per heavy atom. The van der Waals surface area contributed by atoms with Crippen LogP contribution in [0, 0.1) is 0 Å². The van der Waals surface area contributed by atoms with Crippen molar-refractivity contribution in [3.8, 4) is 23.0 Å². The Morgan fingerprint density at radius 3 is 1.56 bits per heavy atom. The minimum Gasteiger partial charge on any atom is -0.493 e. The largest absolute Gasteiger partial charge is 0.587 e. The van der Waals surface area contributed by atoms with Crippen LogP contribution >= 0.6 is 7.82 Å². The molecule has 6 nitrogen and oxygen atoms in total. The van der Waals surface area contributed by atoms with Gasteiger partial charge in [-0.3, -0.25) is 4.52 Å². The minimum absolute atomic E-state index is 0.00473. The Hall–Kier alpha value is -2.38. The Labute approximate surface area is 211 Å². The molecule has 2 aromatic rings. The van der Waals surface area contributed by atoms with Gasteiger partial charge < -0.3 is 18.5 Å². The highest BCUT2D eigenvalue weighted by Gasteiger charge is 2.38. The highest BCUT2D eigenvalue weighted by Crippen LogP contribution is 2.51. The lowest BCUT2D eigenvalue weighted by Gasteiger charge is -2.20. The van der Waals surface area contributed by atoms with Crippen LogP contribution in [0.5, 0.6) is 23.0 Å². The van der Waals surface area contributed by atoms with Gasteiger partial charge in [-0.2, -0.15) is 13.2 Å². The zero-order chi connectivity index (χ0) is 26.3. The number of alkyl halides is 3. The lowest BCUT2D eigenvalue weighted by Crippen LogP contribution is -2.18. The first-order valence-electron chi connectivity index (χ1n) is 12.4. The molecular weight excluding hydrogens is 496 g/mol. The minimum atomic E-state index is -4.73. The van der Waals surface area contributed by atoms with E-state index in [0.29, 0.717) is 24.7 Å². The van der Waals surface area contributed by atoms with Crippen LogP contribution in [0.25, 0.3) is 0 Å². The second-order valence-electron chi connectivity index (χ2n) is 8.29. The highest BCUT2D eigenvalue weighted by atomic mass is 31.2. The zero-order valence-corrected chi connectivity index (χ0v) is 21.8. The van der Waals surface area contributed by atoms with E-state index in [-0.39, 0.29) is 11.5 Å². The number of hydrogen-bond acceptors (Lipinski definition) is 6. The molecule has 2 aromatic carbocycles. The molecular formula is C26H36F3O6P. The summed E-state index contributed by atoms with van der Waals surface area (Å²) in [6.45, 7) is 3.38. The molecule has 202 valence electrons. The first-order valence-corrected chi connectivity index (χ1v) is 13.9. The van der Waals surface area contributed by atoms with Crippen LogP contribution in [0.2, 0.25) is 0 Å². The van der Waals surface area contributed by atoms with Crippen molar-refractivity contribution in [1.29, 1.82) is 0 Å². The van der Waals surface area contributed by atoms with Gasteiger partial charge in [0, 0.05) is 12.1 Å². The lowest BCUT2D eigenvalue weighted by atomic mass is 10.2. The maximum absolute atomic E-state index is 13.2. The van der Waals surface area contributed by atoms with Crippen LogP contribution in [-0.4, -0.2) is 26.0 Å². The third kappa shape index (κ3) is 12.5. The van der Waals surface area contributed by atoms with Crippen LogP contribution in [0.1, 0.15) is 65.2 Å². The van der Waals surface area contributed by atoms with Gasteiger partial charge in [-0.05, 0) is 37.1 Å². The summed E-state index contributed by atoms with van der Waals surface area (Å²) in [5.41, 5.74) is 0. The van der Waals surface area contributed by atoms with E-state index in [9.17, 15) is 17.7 Å². The van der Waals surface area contributed by atoms with E-state index in [4.69, 9.17) is 18.5 Å². The van der Waals surface area contributed by atoms with Crippen molar-refractivity contribution < 1.29 is 40.8 Å². The molecule has 0 N–H and O–H groups in total. The topological polar surface area (TPSA) is 63.2 Å². The summed E-state index contributed by atoms with van der Waals surface area (Å²) in [6.07, 6.45) is 3.48. The number of halogens is 3. The van der Waals surface area contributed by atoms with Gasteiger partial charge in [0.25, 0.3) is 0 Å². The lowest BCUT2D eigenvalue weighted by molar-refractivity contribution is -0.156. The molecule has 0 aromatic heterocycles. The molecule has 0 saturated carbocycles. The predicted molar refractivity (Wildman–Crippen MR) is 133 cm³/mol. The number of benzene rings is 2. The van der Waals surface area contributed by atoms with E-state index in [1.807, 2.05) is 0 Å². The molecule has 2 rings (SSSR count). The van der Waals surface area contributed by atoms with Crippen molar-refractivity contribution in [3.63, 3.8) is 0 Å². The summed E-state index contributed by atoms with van der Waals surface area (Å²) < 4.78 is 78.5. The van der Waals surface area contributed by atoms with Crippen LogP contribution < -0.4 is 18.5 Å². The van der Waals surface area contributed by atoms with Gasteiger partial charge >= 0.3 is 14.0 Å². The first-order chi connectivity index (χ1) is 17.2. The van der Waals surface area contributed by atoms with E-state index in [1.54, 1.807) is 24.3 Å². The van der Waals surface area contributed by atoms with Crippen molar-refractivity contribution in [1.82, 2.24) is 0 Å². The molecule has 0 heterocycles. The average Bonchev–Trinajstić information content (AvgIpc) is 2.83. The molecule has 0 spiro atoms. The molecule has 0 bridgehead atoms. The van der Waals surface area contributed by atoms with Gasteiger partial charge in [-0.1, -0.05) is 64.5 Å². The van der Waals surface area contributed by atoms with Gasteiger partial charge in [-0.15, -0.1) is 0 Å². The summed E-state index contributed by atoms with van der Waals surface area (Å²) in [6, 6.07) is 12.3. The van der Waals surface area contributed by atoms with E-state index in [0.717, 1.165) is 51.4 Å². The number of phosphoric ester groups is 1. The van der Waals surface area contributed by atoms with E-state index < -0.39 is 20.6 Å². The third-order valence-electron chi connectivity index (χ3n) is 4.96. The van der Waals surface area contributed by atoms with Crippen LogP contribution in [0.3, 0.4) is 0 Å². The molecule has 0 amide bonds. The Kier molecular flexibility index (Phi) is 13.0. The maximum Gasteiger partial charge on any atom is 0.587 e.